The van der Waals surface area contributed by atoms with Crippen LogP contribution in [0.3, 0.4) is 0 Å². The quantitative estimate of drug-likeness (QED) is 0.566. The summed E-state index contributed by atoms with van der Waals surface area (Å²) in [6.07, 6.45) is 0.431. The van der Waals surface area contributed by atoms with Crippen LogP contribution >= 0.6 is 23.4 Å². The van der Waals surface area contributed by atoms with E-state index in [1.54, 1.807) is 11.8 Å². The fourth-order valence-corrected chi connectivity index (χ4v) is 2.13. The highest BCUT2D eigenvalue weighted by Gasteiger charge is 1.97. The number of aryl methyl sites for hydroxylation is 1. The first-order valence-corrected chi connectivity index (χ1v) is 5.42. The number of rotatable bonds is 4. The maximum atomic E-state index is 10.5. The summed E-state index contributed by atoms with van der Waals surface area (Å²) in [6.45, 7) is 2.05. The first kappa shape index (κ1) is 10.6. The van der Waals surface area contributed by atoms with Crippen LogP contribution in [-0.4, -0.2) is 11.0 Å². The van der Waals surface area contributed by atoms with Gasteiger partial charge in [-0.25, -0.2) is 0 Å². The number of thioether (sulfide) groups is 1. The molecule has 0 N–H and O–H groups in total. The summed E-state index contributed by atoms with van der Waals surface area (Å²) in [7, 11) is 0. The van der Waals surface area contributed by atoms with E-state index in [1.165, 1.54) is 10.5 Å². The van der Waals surface area contributed by atoms with Gasteiger partial charge in [-0.3, -0.25) is 4.79 Å². The lowest BCUT2D eigenvalue weighted by Crippen LogP contribution is -1.88. The van der Waals surface area contributed by atoms with Gasteiger partial charge in [-0.2, -0.15) is 0 Å². The Balaban J connectivity index is 2.41. The number of carbonyl (C=O) groups excluding carboxylic acids is 1. The lowest BCUT2D eigenvalue weighted by molar-refractivity contribution is -0.111. The van der Waals surface area contributed by atoms with E-state index in [-0.39, 0.29) is 5.24 Å². The number of halogens is 1. The van der Waals surface area contributed by atoms with Crippen molar-refractivity contribution < 1.29 is 4.79 Å². The molecule has 0 aliphatic heterocycles. The van der Waals surface area contributed by atoms with Gasteiger partial charge in [0, 0.05) is 17.1 Å². The molecule has 0 aliphatic carbocycles. The van der Waals surface area contributed by atoms with Gasteiger partial charge in [0.15, 0.2) is 0 Å². The minimum Gasteiger partial charge on any atom is -0.281 e. The van der Waals surface area contributed by atoms with Gasteiger partial charge in [0.25, 0.3) is 0 Å². The molecule has 0 unspecified atom stereocenters. The molecule has 1 nitrogen and oxygen atoms in total. The minimum atomic E-state index is -0.264. The average molecular weight is 215 g/mol. The van der Waals surface area contributed by atoms with Crippen LogP contribution in [0.2, 0.25) is 0 Å². The van der Waals surface area contributed by atoms with Crippen molar-refractivity contribution in [2.75, 3.05) is 5.75 Å². The zero-order valence-corrected chi connectivity index (χ0v) is 8.99. The van der Waals surface area contributed by atoms with Crippen molar-refractivity contribution in [1.29, 1.82) is 0 Å². The summed E-state index contributed by atoms with van der Waals surface area (Å²) in [4.78, 5) is 11.6. The highest BCUT2D eigenvalue weighted by molar-refractivity contribution is 7.99. The Labute approximate surface area is 87.5 Å². The standard InChI is InChI=1S/C10H11ClOS/c1-8-3-2-4-9(7-8)13-6-5-10(11)12/h2-4,7H,5-6H2,1H3. The van der Waals surface area contributed by atoms with Crippen molar-refractivity contribution in [3.8, 4) is 0 Å². The Morgan fingerprint density at radius 2 is 2.31 bits per heavy atom. The zero-order valence-electron chi connectivity index (χ0n) is 7.42. The van der Waals surface area contributed by atoms with E-state index in [1.807, 2.05) is 12.1 Å². The van der Waals surface area contributed by atoms with Crippen LogP contribution < -0.4 is 0 Å². The van der Waals surface area contributed by atoms with Crippen LogP contribution in [0.15, 0.2) is 29.2 Å². The third kappa shape index (κ3) is 4.34. The fraction of sp³-hybridized carbons (Fsp3) is 0.300. The smallest absolute Gasteiger partial charge is 0.222 e. The van der Waals surface area contributed by atoms with Gasteiger partial charge < -0.3 is 0 Å². The van der Waals surface area contributed by atoms with Crippen LogP contribution in [-0.2, 0) is 4.79 Å². The topological polar surface area (TPSA) is 17.1 Å². The molecule has 0 radical (unpaired) electrons. The van der Waals surface area contributed by atoms with Crippen molar-refractivity contribution in [2.24, 2.45) is 0 Å². The molecule has 0 fully saturated rings. The van der Waals surface area contributed by atoms with Gasteiger partial charge in [-0.1, -0.05) is 17.7 Å². The second-order valence-corrected chi connectivity index (χ2v) is 4.36. The molecule has 0 saturated carbocycles. The second kappa shape index (κ2) is 5.30. The Kier molecular flexibility index (Phi) is 4.33. The van der Waals surface area contributed by atoms with Gasteiger partial charge in [0.1, 0.15) is 0 Å². The van der Waals surface area contributed by atoms with Gasteiger partial charge in [-0.15, -0.1) is 11.8 Å². The van der Waals surface area contributed by atoms with Crippen molar-refractivity contribution >= 4 is 28.6 Å². The lowest BCUT2D eigenvalue weighted by Gasteiger charge is -2.00. The first-order valence-electron chi connectivity index (χ1n) is 4.06. The molecule has 0 saturated heterocycles. The van der Waals surface area contributed by atoms with E-state index in [0.29, 0.717) is 6.42 Å². The third-order valence-electron chi connectivity index (χ3n) is 1.56. The molecular weight excluding hydrogens is 204 g/mol. The Morgan fingerprint density at radius 1 is 1.54 bits per heavy atom. The molecule has 1 rings (SSSR count). The van der Waals surface area contributed by atoms with E-state index in [0.717, 1.165) is 5.75 Å². The molecule has 0 amide bonds. The molecule has 3 heteroatoms. The lowest BCUT2D eigenvalue weighted by atomic mass is 10.2. The summed E-state index contributed by atoms with van der Waals surface area (Å²) in [6, 6.07) is 8.21. The Morgan fingerprint density at radius 3 is 2.92 bits per heavy atom. The summed E-state index contributed by atoms with van der Waals surface area (Å²) >= 11 is 6.88. The molecule has 0 atom stereocenters. The molecule has 1 aromatic rings. The summed E-state index contributed by atoms with van der Waals surface area (Å²) in [5.41, 5.74) is 1.24. The number of hydrogen-bond donors (Lipinski definition) is 0. The Hall–Kier alpha value is -0.470. The molecular formula is C10H11ClOS. The predicted octanol–water partition coefficient (Wildman–Crippen LogP) is 3.24. The minimum absolute atomic E-state index is 0.264. The molecule has 0 bridgehead atoms. The van der Waals surface area contributed by atoms with E-state index in [4.69, 9.17) is 11.6 Å². The maximum Gasteiger partial charge on any atom is 0.222 e. The van der Waals surface area contributed by atoms with Crippen LogP contribution in [0.1, 0.15) is 12.0 Å². The Bertz CT molecular complexity index is 299. The molecule has 0 aliphatic rings. The highest BCUT2D eigenvalue weighted by atomic mass is 35.5. The molecule has 0 spiro atoms. The molecule has 1 aromatic carbocycles. The molecule has 0 heterocycles. The molecule has 13 heavy (non-hydrogen) atoms. The summed E-state index contributed by atoms with van der Waals surface area (Å²) < 4.78 is 0. The highest BCUT2D eigenvalue weighted by Crippen LogP contribution is 2.19. The number of benzene rings is 1. The van der Waals surface area contributed by atoms with Crippen molar-refractivity contribution in [2.45, 2.75) is 18.2 Å². The van der Waals surface area contributed by atoms with Crippen molar-refractivity contribution in [3.05, 3.63) is 29.8 Å². The van der Waals surface area contributed by atoms with Gasteiger partial charge in [0.2, 0.25) is 5.24 Å². The fourth-order valence-electron chi connectivity index (χ4n) is 0.954. The SMILES string of the molecule is Cc1cccc(SCCC(=O)Cl)c1. The van der Waals surface area contributed by atoms with Gasteiger partial charge >= 0.3 is 0 Å². The van der Waals surface area contributed by atoms with E-state index >= 15 is 0 Å². The first-order chi connectivity index (χ1) is 6.18. The van der Waals surface area contributed by atoms with E-state index in [9.17, 15) is 4.79 Å². The van der Waals surface area contributed by atoms with E-state index in [2.05, 4.69) is 19.1 Å². The van der Waals surface area contributed by atoms with Gasteiger partial charge in [-0.05, 0) is 30.7 Å². The zero-order chi connectivity index (χ0) is 9.68. The third-order valence-corrected chi connectivity index (χ3v) is 2.74. The predicted molar refractivity (Wildman–Crippen MR) is 57.4 cm³/mol. The average Bonchev–Trinajstić information content (AvgIpc) is 2.03. The van der Waals surface area contributed by atoms with Crippen LogP contribution in [0.5, 0.6) is 0 Å². The largest absolute Gasteiger partial charge is 0.281 e. The monoisotopic (exact) mass is 214 g/mol. The second-order valence-electron chi connectivity index (χ2n) is 2.77. The van der Waals surface area contributed by atoms with Crippen molar-refractivity contribution in [3.63, 3.8) is 0 Å². The molecule has 70 valence electrons. The van der Waals surface area contributed by atoms with Crippen molar-refractivity contribution in [1.82, 2.24) is 0 Å². The van der Waals surface area contributed by atoms with Gasteiger partial charge in [0.05, 0.1) is 0 Å². The van der Waals surface area contributed by atoms with Crippen LogP contribution in [0.25, 0.3) is 0 Å². The van der Waals surface area contributed by atoms with E-state index < -0.39 is 0 Å². The summed E-state index contributed by atoms with van der Waals surface area (Å²) in [5, 5.41) is -0.264. The van der Waals surface area contributed by atoms with Crippen LogP contribution in [0.4, 0.5) is 0 Å². The van der Waals surface area contributed by atoms with Crippen LogP contribution in [0, 0.1) is 6.92 Å². The molecule has 0 aromatic heterocycles. The maximum absolute atomic E-state index is 10.5. The normalized spacial score (nSPS) is 10.0. The summed E-state index contributed by atoms with van der Waals surface area (Å²) in [5.74, 6) is 0.756. The number of carbonyl (C=O) groups is 1. The number of hydrogen-bond acceptors (Lipinski definition) is 2.